The Morgan fingerprint density at radius 2 is 1.83 bits per heavy atom. The largest absolute Gasteiger partial charge is 0.497 e. The molecule has 3 aliphatic heterocycles. The van der Waals surface area contributed by atoms with E-state index >= 15 is 0 Å². The zero-order chi connectivity index (χ0) is 23.9. The van der Waals surface area contributed by atoms with Crippen LogP contribution in [0.3, 0.4) is 0 Å². The maximum Gasteiger partial charge on any atom is 0.164 e. The van der Waals surface area contributed by atoms with Crippen molar-refractivity contribution in [1.29, 1.82) is 0 Å². The molecule has 3 aliphatic rings. The van der Waals surface area contributed by atoms with Crippen LogP contribution in [-0.4, -0.2) is 69.3 Å². The van der Waals surface area contributed by atoms with Gasteiger partial charge in [0, 0.05) is 35.3 Å². The van der Waals surface area contributed by atoms with Gasteiger partial charge in [0.15, 0.2) is 17.6 Å². The Bertz CT molecular complexity index is 1260. The van der Waals surface area contributed by atoms with Crippen molar-refractivity contribution in [2.75, 3.05) is 47.6 Å². The van der Waals surface area contributed by atoms with Crippen LogP contribution < -0.4 is 18.9 Å². The first-order valence-corrected chi connectivity index (χ1v) is 12.2. The predicted octanol–water partition coefficient (Wildman–Crippen LogP) is 4.18. The summed E-state index contributed by atoms with van der Waals surface area (Å²) in [6.45, 7) is 3.47. The van der Waals surface area contributed by atoms with Crippen molar-refractivity contribution < 1.29 is 23.8 Å². The number of H-pyrrole nitrogens is 1. The van der Waals surface area contributed by atoms with Crippen LogP contribution in [-0.2, 0) is 4.84 Å². The molecule has 1 N–H and O–H groups in total. The Balaban J connectivity index is 1.11. The second-order valence-corrected chi connectivity index (χ2v) is 9.47. The molecule has 8 nitrogen and oxygen atoms in total. The molecule has 2 aromatic carbocycles. The number of benzene rings is 2. The van der Waals surface area contributed by atoms with E-state index in [1.165, 1.54) is 16.5 Å². The third kappa shape index (κ3) is 3.86. The summed E-state index contributed by atoms with van der Waals surface area (Å²) >= 11 is 0. The lowest BCUT2D eigenvalue weighted by atomic mass is 9.87. The Morgan fingerprint density at radius 3 is 2.60 bits per heavy atom. The molecular formula is C27H31N3O5. The highest BCUT2D eigenvalue weighted by molar-refractivity contribution is 6.06. The molecule has 6 rings (SSSR count). The molecule has 0 saturated carbocycles. The van der Waals surface area contributed by atoms with Gasteiger partial charge in [0.2, 0.25) is 0 Å². The molecule has 0 radical (unpaired) electrons. The fraction of sp³-hybridized carbons (Fsp3) is 0.444. The highest BCUT2D eigenvalue weighted by Gasteiger charge is 2.41. The number of methoxy groups -OCH3 is 3. The van der Waals surface area contributed by atoms with E-state index in [0.717, 1.165) is 55.3 Å². The maximum absolute atomic E-state index is 6.10. The molecule has 3 aromatic rings. The Morgan fingerprint density at radius 1 is 1.03 bits per heavy atom. The van der Waals surface area contributed by atoms with Gasteiger partial charge in [-0.3, -0.25) is 4.90 Å². The molecule has 0 aliphatic carbocycles. The van der Waals surface area contributed by atoms with Crippen LogP contribution in [0.15, 0.2) is 41.7 Å². The summed E-state index contributed by atoms with van der Waals surface area (Å²) in [7, 11) is 4.98. The number of rotatable bonds is 6. The molecule has 1 fully saturated rings. The van der Waals surface area contributed by atoms with E-state index in [0.29, 0.717) is 24.0 Å². The SMILES string of the molecule is COc1ccc2[nH]cc(C3CCN(CC4ON=C5c6cc(OC)c(OC)cc6OCC54)CC3)c2c1. The minimum Gasteiger partial charge on any atom is -0.497 e. The number of aromatic nitrogens is 1. The lowest BCUT2D eigenvalue weighted by Crippen LogP contribution is -2.43. The number of fused-ring (bicyclic) bond motifs is 4. The molecule has 35 heavy (non-hydrogen) atoms. The minimum atomic E-state index is -0.0138. The fourth-order valence-electron chi connectivity index (χ4n) is 5.66. The minimum absolute atomic E-state index is 0.0138. The molecule has 184 valence electrons. The fourth-order valence-corrected chi connectivity index (χ4v) is 5.66. The molecule has 1 saturated heterocycles. The van der Waals surface area contributed by atoms with Crippen molar-refractivity contribution in [3.05, 3.63) is 47.7 Å². The summed E-state index contributed by atoms with van der Waals surface area (Å²) in [6, 6.07) is 10.0. The van der Waals surface area contributed by atoms with Gasteiger partial charge in [-0.15, -0.1) is 0 Å². The summed E-state index contributed by atoms with van der Waals surface area (Å²) in [6.07, 6.45) is 4.39. The number of nitrogens with one attached hydrogen (secondary N) is 1. The first-order chi connectivity index (χ1) is 17.2. The van der Waals surface area contributed by atoms with E-state index in [2.05, 4.69) is 33.4 Å². The summed E-state index contributed by atoms with van der Waals surface area (Å²) in [5.74, 6) is 3.63. The number of hydrogen-bond acceptors (Lipinski definition) is 7. The monoisotopic (exact) mass is 477 g/mol. The summed E-state index contributed by atoms with van der Waals surface area (Å²) in [5.41, 5.74) is 4.43. The second kappa shape index (κ2) is 9.00. The van der Waals surface area contributed by atoms with Crippen molar-refractivity contribution in [2.24, 2.45) is 11.1 Å². The van der Waals surface area contributed by atoms with Crippen LogP contribution in [0.2, 0.25) is 0 Å². The molecule has 0 spiro atoms. The van der Waals surface area contributed by atoms with Crippen molar-refractivity contribution in [3.8, 4) is 23.0 Å². The Hall–Kier alpha value is -3.39. The molecule has 4 heterocycles. The highest BCUT2D eigenvalue weighted by Crippen LogP contribution is 2.41. The quantitative estimate of drug-likeness (QED) is 0.574. The van der Waals surface area contributed by atoms with Gasteiger partial charge >= 0.3 is 0 Å². The van der Waals surface area contributed by atoms with Crippen molar-refractivity contribution in [2.45, 2.75) is 24.9 Å². The van der Waals surface area contributed by atoms with E-state index in [4.69, 9.17) is 23.8 Å². The van der Waals surface area contributed by atoms with E-state index in [1.54, 1.807) is 21.3 Å². The summed E-state index contributed by atoms with van der Waals surface area (Å²) in [5, 5.41) is 5.75. The number of hydrogen-bond donors (Lipinski definition) is 1. The molecule has 2 unspecified atom stereocenters. The maximum atomic E-state index is 6.10. The predicted molar refractivity (Wildman–Crippen MR) is 133 cm³/mol. The van der Waals surface area contributed by atoms with Crippen LogP contribution in [0, 0.1) is 5.92 Å². The number of ether oxygens (including phenoxy) is 4. The van der Waals surface area contributed by atoms with Gasteiger partial charge < -0.3 is 28.8 Å². The van der Waals surface area contributed by atoms with Gasteiger partial charge in [-0.1, -0.05) is 5.16 Å². The standard InChI is InChI=1S/C27H31N3O5/c1-31-17-4-5-22-18(10-17)20(13-28-22)16-6-8-30(9-7-16)14-26-21-15-34-23-12-25(33-3)24(32-2)11-19(23)27(21)29-35-26/h4-5,10-13,16,21,26,28H,6-9,14-15H2,1-3H3. The van der Waals surface area contributed by atoms with E-state index in [1.807, 2.05) is 18.2 Å². The van der Waals surface area contributed by atoms with Gasteiger partial charge in [0.05, 0.1) is 27.2 Å². The number of nitrogens with zero attached hydrogens (tertiary/aromatic N) is 2. The number of oxime groups is 1. The molecule has 8 heteroatoms. The van der Waals surface area contributed by atoms with E-state index in [-0.39, 0.29) is 12.0 Å². The summed E-state index contributed by atoms with van der Waals surface area (Å²) < 4.78 is 22.4. The van der Waals surface area contributed by atoms with E-state index in [9.17, 15) is 0 Å². The van der Waals surface area contributed by atoms with Gasteiger partial charge in [0.25, 0.3) is 0 Å². The second-order valence-electron chi connectivity index (χ2n) is 9.47. The molecule has 0 bridgehead atoms. The van der Waals surface area contributed by atoms with Crippen molar-refractivity contribution in [1.82, 2.24) is 9.88 Å². The summed E-state index contributed by atoms with van der Waals surface area (Å²) in [4.78, 5) is 11.9. The third-order valence-electron chi connectivity index (χ3n) is 7.65. The lowest BCUT2D eigenvalue weighted by Gasteiger charge is -2.34. The van der Waals surface area contributed by atoms with Crippen LogP contribution in [0.5, 0.6) is 23.0 Å². The zero-order valence-electron chi connectivity index (χ0n) is 20.4. The van der Waals surface area contributed by atoms with Crippen molar-refractivity contribution >= 4 is 16.6 Å². The number of aromatic amines is 1. The first kappa shape index (κ1) is 22.1. The normalized spacial score (nSPS) is 22.1. The molecule has 1 aromatic heterocycles. The Kier molecular flexibility index (Phi) is 5.68. The number of piperidine rings is 1. The lowest BCUT2D eigenvalue weighted by molar-refractivity contribution is 0.0161. The van der Waals surface area contributed by atoms with Gasteiger partial charge in [0.1, 0.15) is 23.8 Å². The van der Waals surface area contributed by atoms with Crippen LogP contribution in [0.1, 0.15) is 29.9 Å². The topological polar surface area (TPSA) is 77.5 Å². The van der Waals surface area contributed by atoms with Crippen LogP contribution in [0.4, 0.5) is 0 Å². The van der Waals surface area contributed by atoms with Crippen LogP contribution in [0.25, 0.3) is 10.9 Å². The van der Waals surface area contributed by atoms with Gasteiger partial charge in [-0.2, -0.15) is 0 Å². The Labute approximate surface area is 204 Å². The average molecular weight is 478 g/mol. The van der Waals surface area contributed by atoms with E-state index < -0.39 is 0 Å². The average Bonchev–Trinajstić information content (AvgIpc) is 3.52. The van der Waals surface area contributed by atoms with Crippen molar-refractivity contribution in [3.63, 3.8) is 0 Å². The van der Waals surface area contributed by atoms with Crippen LogP contribution >= 0.6 is 0 Å². The number of likely N-dealkylation sites (tertiary alicyclic amines) is 1. The van der Waals surface area contributed by atoms with Gasteiger partial charge in [-0.05, 0) is 61.7 Å². The molecule has 2 atom stereocenters. The zero-order valence-corrected chi connectivity index (χ0v) is 20.4. The third-order valence-corrected chi connectivity index (χ3v) is 7.65. The highest BCUT2D eigenvalue weighted by atomic mass is 16.6. The van der Waals surface area contributed by atoms with Gasteiger partial charge in [-0.25, -0.2) is 0 Å². The molecular weight excluding hydrogens is 446 g/mol. The first-order valence-electron chi connectivity index (χ1n) is 12.2. The molecule has 0 amide bonds. The smallest absolute Gasteiger partial charge is 0.164 e.